The van der Waals surface area contributed by atoms with Crippen molar-refractivity contribution in [3.63, 3.8) is 0 Å². The highest BCUT2D eigenvalue weighted by Gasteiger charge is 2.07. The van der Waals surface area contributed by atoms with Gasteiger partial charge >= 0.3 is 0 Å². The summed E-state index contributed by atoms with van der Waals surface area (Å²) in [6.07, 6.45) is 0.875. The Morgan fingerprint density at radius 3 is 2.62 bits per heavy atom. The minimum atomic E-state index is 0.663. The third-order valence-corrected chi connectivity index (χ3v) is 4.25. The average molecular weight is 372 g/mol. The molecule has 0 aliphatic rings. The lowest BCUT2D eigenvalue weighted by atomic mass is 10.1. The van der Waals surface area contributed by atoms with Crippen LogP contribution in [0, 0.1) is 0 Å². The van der Waals surface area contributed by atoms with Crippen molar-refractivity contribution in [1.82, 2.24) is 0 Å². The lowest BCUT2D eigenvalue weighted by Gasteiger charge is -2.07. The zero-order valence-electron chi connectivity index (χ0n) is 15.0. The van der Waals surface area contributed by atoms with Crippen LogP contribution in [0.4, 0.5) is 0 Å². The van der Waals surface area contributed by atoms with Crippen LogP contribution in [0.15, 0.2) is 57.9 Å². The zero-order chi connectivity index (χ0) is 18.4. The Labute approximate surface area is 158 Å². The Hall–Kier alpha value is -2.30. The Morgan fingerprint density at radius 1 is 1.08 bits per heavy atom. The zero-order valence-corrected chi connectivity index (χ0v) is 15.8. The van der Waals surface area contributed by atoms with E-state index in [2.05, 4.69) is 0 Å². The number of halogens is 1. The minimum absolute atomic E-state index is 0.663. The molecule has 1 heterocycles. The molecule has 3 rings (SSSR count). The normalized spacial score (nSPS) is 11.9. The number of hydrogen-bond donors (Lipinski definition) is 0. The van der Waals surface area contributed by atoms with Gasteiger partial charge in [0.25, 0.3) is 0 Å². The van der Waals surface area contributed by atoms with Crippen molar-refractivity contribution < 1.29 is 13.9 Å². The van der Waals surface area contributed by atoms with Gasteiger partial charge in [-0.05, 0) is 55.8 Å². The van der Waals surface area contributed by atoms with Gasteiger partial charge in [-0.1, -0.05) is 11.6 Å². The van der Waals surface area contributed by atoms with Gasteiger partial charge in [0.1, 0.15) is 17.1 Å². The number of methoxy groups -OCH3 is 1. The van der Waals surface area contributed by atoms with E-state index >= 15 is 0 Å². The van der Waals surface area contributed by atoms with Crippen molar-refractivity contribution >= 4 is 22.6 Å². The van der Waals surface area contributed by atoms with Crippen LogP contribution in [-0.2, 0) is 4.74 Å². The predicted molar refractivity (Wildman–Crippen MR) is 105 cm³/mol. The van der Waals surface area contributed by atoms with E-state index < -0.39 is 0 Å². The third kappa shape index (κ3) is 4.45. The van der Waals surface area contributed by atoms with E-state index in [1.807, 2.05) is 55.5 Å². The standard InChI is InChI=1S/C21H22ClNO3/c1-3-25-12-4-11-23-19-14-21(15-5-8-17(24-2)9-6-15)26-20-10-7-16(22)13-18(19)20/h5-10,13-14H,3-4,11-12H2,1-2H3. The summed E-state index contributed by atoms with van der Waals surface area (Å²) < 4.78 is 16.7. The topological polar surface area (TPSA) is 44.0 Å². The second kappa shape index (κ2) is 8.88. The van der Waals surface area contributed by atoms with Crippen molar-refractivity contribution in [1.29, 1.82) is 0 Å². The number of hydrogen-bond acceptors (Lipinski definition) is 4. The van der Waals surface area contributed by atoms with E-state index in [4.69, 9.17) is 30.5 Å². The summed E-state index contributed by atoms with van der Waals surface area (Å²) in [5.74, 6) is 1.56. The monoisotopic (exact) mass is 371 g/mol. The van der Waals surface area contributed by atoms with E-state index in [1.54, 1.807) is 7.11 Å². The van der Waals surface area contributed by atoms with Crippen molar-refractivity contribution in [2.75, 3.05) is 26.9 Å². The van der Waals surface area contributed by atoms with Crippen molar-refractivity contribution in [2.24, 2.45) is 4.99 Å². The summed E-state index contributed by atoms with van der Waals surface area (Å²) in [5.41, 5.74) is 1.72. The first-order chi connectivity index (χ1) is 12.7. The number of nitrogens with zero attached hydrogens (tertiary/aromatic N) is 1. The third-order valence-electron chi connectivity index (χ3n) is 4.01. The van der Waals surface area contributed by atoms with Gasteiger partial charge in [-0.3, -0.25) is 4.99 Å². The molecule has 0 N–H and O–H groups in total. The summed E-state index contributed by atoms with van der Waals surface area (Å²) in [7, 11) is 1.65. The minimum Gasteiger partial charge on any atom is -0.497 e. The maximum atomic E-state index is 6.17. The van der Waals surface area contributed by atoms with Gasteiger partial charge in [-0.25, -0.2) is 0 Å². The maximum absolute atomic E-state index is 6.17. The van der Waals surface area contributed by atoms with E-state index in [-0.39, 0.29) is 0 Å². The number of benzene rings is 2. The number of ether oxygens (including phenoxy) is 2. The van der Waals surface area contributed by atoms with Crippen LogP contribution in [0.3, 0.4) is 0 Å². The molecule has 136 valence electrons. The smallest absolute Gasteiger partial charge is 0.136 e. The molecule has 0 aliphatic carbocycles. The average Bonchev–Trinajstić information content (AvgIpc) is 2.68. The second-order valence-corrected chi connectivity index (χ2v) is 6.23. The van der Waals surface area contributed by atoms with Crippen LogP contribution in [0.25, 0.3) is 22.3 Å². The molecule has 0 bridgehead atoms. The molecule has 0 unspecified atom stereocenters. The van der Waals surface area contributed by atoms with Crippen LogP contribution in [0.2, 0.25) is 5.02 Å². The maximum Gasteiger partial charge on any atom is 0.136 e. The lowest BCUT2D eigenvalue weighted by molar-refractivity contribution is 0.146. The van der Waals surface area contributed by atoms with Gasteiger partial charge in [-0.2, -0.15) is 0 Å². The highest BCUT2D eigenvalue weighted by atomic mass is 35.5. The highest BCUT2D eigenvalue weighted by Crippen LogP contribution is 2.25. The predicted octanol–water partition coefficient (Wildman–Crippen LogP) is 5.09. The van der Waals surface area contributed by atoms with Gasteiger partial charge in [0.2, 0.25) is 0 Å². The molecule has 4 nitrogen and oxygen atoms in total. The van der Waals surface area contributed by atoms with Crippen molar-refractivity contribution in [2.45, 2.75) is 13.3 Å². The van der Waals surface area contributed by atoms with Gasteiger partial charge < -0.3 is 13.9 Å². The molecular formula is C21H22ClNO3. The molecule has 0 saturated heterocycles. The summed E-state index contributed by atoms with van der Waals surface area (Å²) in [5, 5.41) is 2.44. The molecule has 2 aromatic carbocycles. The highest BCUT2D eigenvalue weighted by molar-refractivity contribution is 6.31. The molecule has 0 amide bonds. The van der Waals surface area contributed by atoms with Crippen LogP contribution >= 0.6 is 11.6 Å². The lowest BCUT2D eigenvalue weighted by Crippen LogP contribution is -2.06. The van der Waals surface area contributed by atoms with E-state index in [9.17, 15) is 0 Å². The second-order valence-electron chi connectivity index (χ2n) is 5.80. The van der Waals surface area contributed by atoms with E-state index in [0.29, 0.717) is 18.2 Å². The number of fused-ring (bicyclic) bond motifs is 1. The fourth-order valence-corrected chi connectivity index (χ4v) is 2.85. The van der Waals surface area contributed by atoms with Gasteiger partial charge in [0.05, 0.1) is 12.5 Å². The van der Waals surface area contributed by atoms with Crippen LogP contribution < -0.4 is 10.1 Å². The molecule has 0 aliphatic heterocycles. The molecular weight excluding hydrogens is 350 g/mol. The number of rotatable bonds is 7. The first kappa shape index (κ1) is 18.5. The first-order valence-corrected chi connectivity index (χ1v) is 9.05. The van der Waals surface area contributed by atoms with Gasteiger partial charge in [0, 0.05) is 41.8 Å². The quantitative estimate of drug-likeness (QED) is 0.543. The molecule has 0 spiro atoms. The molecule has 26 heavy (non-hydrogen) atoms. The molecule has 1 aromatic heterocycles. The van der Waals surface area contributed by atoms with Crippen molar-refractivity contribution in [3.8, 4) is 17.1 Å². The van der Waals surface area contributed by atoms with Crippen molar-refractivity contribution in [3.05, 3.63) is 58.9 Å². The van der Waals surface area contributed by atoms with Crippen LogP contribution in [0.5, 0.6) is 5.75 Å². The fourth-order valence-electron chi connectivity index (χ4n) is 2.68. The fraction of sp³-hybridized carbons (Fsp3) is 0.286. The molecule has 0 fully saturated rings. The summed E-state index contributed by atoms with van der Waals surface area (Å²) in [6.45, 7) is 4.12. The van der Waals surface area contributed by atoms with Crippen LogP contribution in [0.1, 0.15) is 13.3 Å². The molecule has 5 heteroatoms. The molecule has 0 saturated carbocycles. The summed E-state index contributed by atoms with van der Waals surface area (Å²) >= 11 is 6.17. The van der Waals surface area contributed by atoms with Gasteiger partial charge in [0.15, 0.2) is 0 Å². The summed E-state index contributed by atoms with van der Waals surface area (Å²) in [4.78, 5) is 4.74. The largest absolute Gasteiger partial charge is 0.497 e. The van der Waals surface area contributed by atoms with E-state index in [1.165, 1.54) is 0 Å². The molecule has 3 aromatic rings. The first-order valence-electron chi connectivity index (χ1n) is 8.67. The van der Waals surface area contributed by atoms with Crippen LogP contribution in [-0.4, -0.2) is 26.9 Å². The van der Waals surface area contributed by atoms with E-state index in [0.717, 1.165) is 46.4 Å². The Bertz CT molecular complexity index is 932. The van der Waals surface area contributed by atoms with Gasteiger partial charge in [-0.15, -0.1) is 0 Å². The molecule has 0 atom stereocenters. The SMILES string of the molecule is CCOCCCN=c1cc(-c2ccc(OC)cc2)oc2ccc(Cl)cc12. The summed E-state index contributed by atoms with van der Waals surface area (Å²) in [6, 6.07) is 15.3. The molecule has 0 radical (unpaired) electrons. The Kier molecular flexibility index (Phi) is 6.31. The Balaban J connectivity index is 2.02. The Morgan fingerprint density at radius 2 is 1.88 bits per heavy atom.